The van der Waals surface area contributed by atoms with Crippen molar-refractivity contribution in [3.8, 4) is 12.3 Å². The van der Waals surface area contributed by atoms with Gasteiger partial charge in [0.1, 0.15) is 0 Å². The number of hydrogen-bond donors (Lipinski definition) is 1. The number of nitrogens with zero attached hydrogens (tertiary/aromatic N) is 1. The Morgan fingerprint density at radius 1 is 1.29 bits per heavy atom. The highest BCUT2D eigenvalue weighted by Crippen LogP contribution is 2.24. The molecule has 0 saturated heterocycles. The molecule has 0 aliphatic heterocycles. The van der Waals surface area contributed by atoms with Gasteiger partial charge in [-0.05, 0) is 50.1 Å². The molecule has 1 aromatic rings. The zero-order valence-electron chi connectivity index (χ0n) is 13.2. The summed E-state index contributed by atoms with van der Waals surface area (Å²) in [6, 6.07) is 3.68. The Hall–Kier alpha value is -1.35. The number of hydrogen-bond acceptors (Lipinski definition) is 3. The molecule has 0 aliphatic carbocycles. The van der Waals surface area contributed by atoms with Crippen LogP contribution in [0.15, 0.2) is 17.0 Å². The lowest BCUT2D eigenvalue weighted by Crippen LogP contribution is -2.32. The third-order valence-electron chi connectivity index (χ3n) is 3.36. The first-order valence-corrected chi connectivity index (χ1v) is 8.50. The summed E-state index contributed by atoms with van der Waals surface area (Å²) < 4.78 is 27.0. The number of nitrogens with one attached hydrogen (secondary N) is 1. The van der Waals surface area contributed by atoms with Crippen molar-refractivity contribution in [2.24, 2.45) is 0 Å². The molecule has 4 nitrogen and oxygen atoms in total. The van der Waals surface area contributed by atoms with Crippen molar-refractivity contribution in [1.29, 1.82) is 0 Å². The van der Waals surface area contributed by atoms with Crippen LogP contribution in [0.3, 0.4) is 0 Å². The molecule has 21 heavy (non-hydrogen) atoms. The minimum absolute atomic E-state index is 0.102. The van der Waals surface area contributed by atoms with Gasteiger partial charge in [0.05, 0.1) is 11.4 Å². The van der Waals surface area contributed by atoms with Crippen LogP contribution in [0.4, 0.5) is 0 Å². The molecule has 0 saturated carbocycles. The third-order valence-corrected chi connectivity index (χ3v) is 5.35. The quantitative estimate of drug-likeness (QED) is 0.784. The minimum atomic E-state index is -3.55. The Bertz CT molecular complexity index is 630. The molecule has 0 heterocycles. The number of benzene rings is 1. The topological polar surface area (TPSA) is 49.4 Å². The standard InChI is InChI=1S/C16H24N2O2S/c1-6-8-18(9-7-2)21(19,20)16-11-15(12-17-5)13(3)10-14(16)4/h1,10-11,17H,7-9,12H2,2-5H3. The lowest BCUT2D eigenvalue weighted by atomic mass is 10.1. The van der Waals surface area contributed by atoms with Gasteiger partial charge in [-0.15, -0.1) is 6.42 Å². The van der Waals surface area contributed by atoms with E-state index in [1.807, 2.05) is 33.9 Å². The molecule has 0 bridgehead atoms. The van der Waals surface area contributed by atoms with E-state index in [0.717, 1.165) is 23.1 Å². The van der Waals surface area contributed by atoms with Crippen LogP contribution in [-0.2, 0) is 16.6 Å². The van der Waals surface area contributed by atoms with E-state index in [2.05, 4.69) is 11.2 Å². The van der Waals surface area contributed by atoms with Gasteiger partial charge in [0, 0.05) is 13.1 Å². The molecular formula is C16H24N2O2S. The highest BCUT2D eigenvalue weighted by atomic mass is 32.2. The Kier molecular flexibility index (Phi) is 6.41. The Labute approximate surface area is 128 Å². The summed E-state index contributed by atoms with van der Waals surface area (Å²) in [4.78, 5) is 0.349. The van der Waals surface area contributed by atoms with Crippen molar-refractivity contribution in [2.45, 2.75) is 38.6 Å². The second-order valence-corrected chi connectivity index (χ2v) is 7.02. The zero-order valence-corrected chi connectivity index (χ0v) is 14.0. The highest BCUT2D eigenvalue weighted by Gasteiger charge is 2.25. The molecule has 1 aromatic carbocycles. The summed E-state index contributed by atoms with van der Waals surface area (Å²) in [5.74, 6) is 2.43. The first-order valence-electron chi connectivity index (χ1n) is 7.06. The van der Waals surface area contributed by atoms with E-state index in [-0.39, 0.29) is 6.54 Å². The van der Waals surface area contributed by atoms with Crippen LogP contribution in [0.5, 0.6) is 0 Å². The summed E-state index contributed by atoms with van der Waals surface area (Å²) in [5, 5.41) is 3.06. The van der Waals surface area contributed by atoms with Gasteiger partial charge in [-0.1, -0.05) is 18.9 Å². The summed E-state index contributed by atoms with van der Waals surface area (Å²) in [5.41, 5.74) is 2.82. The van der Waals surface area contributed by atoms with Gasteiger partial charge in [-0.3, -0.25) is 0 Å². The van der Waals surface area contributed by atoms with Crippen LogP contribution in [0.2, 0.25) is 0 Å². The maximum Gasteiger partial charge on any atom is 0.244 e. The number of sulfonamides is 1. The second kappa shape index (κ2) is 7.60. The van der Waals surface area contributed by atoms with Crippen molar-refractivity contribution < 1.29 is 8.42 Å². The van der Waals surface area contributed by atoms with Gasteiger partial charge in [0.15, 0.2) is 0 Å². The van der Waals surface area contributed by atoms with Gasteiger partial charge >= 0.3 is 0 Å². The highest BCUT2D eigenvalue weighted by molar-refractivity contribution is 7.89. The molecule has 0 radical (unpaired) electrons. The Balaban J connectivity index is 3.36. The maximum absolute atomic E-state index is 12.8. The molecule has 0 unspecified atom stereocenters. The van der Waals surface area contributed by atoms with Crippen LogP contribution in [0.1, 0.15) is 30.0 Å². The molecule has 0 aromatic heterocycles. The van der Waals surface area contributed by atoms with Crippen molar-refractivity contribution in [2.75, 3.05) is 20.1 Å². The van der Waals surface area contributed by atoms with Crippen LogP contribution in [0, 0.1) is 26.2 Å². The number of rotatable bonds is 7. The molecule has 116 valence electrons. The maximum atomic E-state index is 12.8. The molecule has 1 rings (SSSR count). The van der Waals surface area contributed by atoms with E-state index in [1.165, 1.54) is 4.31 Å². The van der Waals surface area contributed by atoms with Gasteiger partial charge in [-0.2, -0.15) is 4.31 Å². The van der Waals surface area contributed by atoms with Gasteiger partial charge in [-0.25, -0.2) is 8.42 Å². The van der Waals surface area contributed by atoms with E-state index >= 15 is 0 Å². The molecule has 0 aliphatic rings. The van der Waals surface area contributed by atoms with E-state index in [4.69, 9.17) is 6.42 Å². The third kappa shape index (κ3) is 4.07. The Morgan fingerprint density at radius 2 is 1.95 bits per heavy atom. The van der Waals surface area contributed by atoms with Crippen LogP contribution in [-0.4, -0.2) is 32.9 Å². The van der Waals surface area contributed by atoms with Crippen LogP contribution >= 0.6 is 0 Å². The fraction of sp³-hybridized carbons (Fsp3) is 0.500. The van der Waals surface area contributed by atoms with Crippen LogP contribution < -0.4 is 5.32 Å². The molecule has 0 atom stereocenters. The Morgan fingerprint density at radius 3 is 2.48 bits per heavy atom. The smallest absolute Gasteiger partial charge is 0.244 e. The van der Waals surface area contributed by atoms with Crippen molar-refractivity contribution in [3.05, 3.63) is 28.8 Å². The summed E-state index contributed by atoms with van der Waals surface area (Å²) >= 11 is 0. The monoisotopic (exact) mass is 308 g/mol. The average Bonchev–Trinajstić information content (AvgIpc) is 2.41. The van der Waals surface area contributed by atoms with E-state index in [9.17, 15) is 8.42 Å². The summed E-state index contributed by atoms with van der Waals surface area (Å²) in [6.07, 6.45) is 6.04. The molecule has 0 spiro atoms. The SMILES string of the molecule is C#CCN(CCC)S(=O)(=O)c1cc(CNC)c(C)cc1C. The first kappa shape index (κ1) is 17.7. The molecule has 5 heteroatoms. The zero-order chi connectivity index (χ0) is 16.0. The fourth-order valence-electron chi connectivity index (χ4n) is 2.31. The largest absolute Gasteiger partial charge is 0.316 e. The van der Waals surface area contributed by atoms with E-state index in [1.54, 1.807) is 6.07 Å². The van der Waals surface area contributed by atoms with Gasteiger partial charge in [0.25, 0.3) is 0 Å². The lowest BCUT2D eigenvalue weighted by Gasteiger charge is -2.21. The lowest BCUT2D eigenvalue weighted by molar-refractivity contribution is 0.445. The normalized spacial score (nSPS) is 11.6. The minimum Gasteiger partial charge on any atom is -0.316 e. The second-order valence-electron chi connectivity index (χ2n) is 5.12. The van der Waals surface area contributed by atoms with E-state index < -0.39 is 10.0 Å². The first-order chi connectivity index (χ1) is 9.88. The number of terminal acetylenes is 1. The molecule has 0 amide bonds. The van der Waals surface area contributed by atoms with Crippen molar-refractivity contribution in [3.63, 3.8) is 0 Å². The summed E-state index contributed by atoms with van der Waals surface area (Å²) in [7, 11) is -1.71. The van der Waals surface area contributed by atoms with Crippen LogP contribution in [0.25, 0.3) is 0 Å². The van der Waals surface area contributed by atoms with E-state index in [0.29, 0.717) is 18.0 Å². The molecule has 0 fully saturated rings. The van der Waals surface area contributed by atoms with Gasteiger partial charge < -0.3 is 5.32 Å². The van der Waals surface area contributed by atoms with Gasteiger partial charge in [0.2, 0.25) is 10.0 Å². The predicted octanol–water partition coefficient (Wildman–Crippen LogP) is 2.06. The van der Waals surface area contributed by atoms with Crippen molar-refractivity contribution >= 4 is 10.0 Å². The number of aryl methyl sites for hydroxylation is 2. The summed E-state index contributed by atoms with van der Waals surface area (Å²) in [6.45, 7) is 6.92. The van der Waals surface area contributed by atoms with Crippen molar-refractivity contribution in [1.82, 2.24) is 9.62 Å². The fourth-order valence-corrected chi connectivity index (χ4v) is 4.01. The predicted molar refractivity (Wildman–Crippen MR) is 86.6 cm³/mol. The average molecular weight is 308 g/mol. The molecular weight excluding hydrogens is 284 g/mol. The molecule has 1 N–H and O–H groups in total.